The van der Waals surface area contributed by atoms with E-state index < -0.39 is 6.10 Å². The zero-order chi connectivity index (χ0) is 24.7. The van der Waals surface area contributed by atoms with Gasteiger partial charge in [0.15, 0.2) is 0 Å². The van der Waals surface area contributed by atoms with Crippen LogP contribution in [0.3, 0.4) is 0 Å². The molecule has 1 heterocycles. The van der Waals surface area contributed by atoms with Crippen LogP contribution in [-0.2, 0) is 4.79 Å². The lowest BCUT2D eigenvalue weighted by molar-refractivity contribution is -0.127. The Hall–Kier alpha value is -3.74. The number of fused-ring (bicyclic) bond motifs is 1. The fourth-order valence-electron chi connectivity index (χ4n) is 4.28. The molecule has 0 aliphatic heterocycles. The molecular formula is C29H31F2N3O2. The summed E-state index contributed by atoms with van der Waals surface area (Å²) in [4.78, 5) is 12.7. The topological polar surface area (TPSA) is 56.1 Å². The van der Waals surface area contributed by atoms with Crippen molar-refractivity contribution in [2.24, 2.45) is 5.41 Å². The molecule has 1 amide bonds. The van der Waals surface area contributed by atoms with Gasteiger partial charge in [0.2, 0.25) is 5.91 Å². The van der Waals surface area contributed by atoms with Crippen molar-refractivity contribution in [3.8, 4) is 11.4 Å². The van der Waals surface area contributed by atoms with E-state index in [0.29, 0.717) is 5.75 Å². The molecule has 7 heteroatoms. The van der Waals surface area contributed by atoms with Gasteiger partial charge >= 0.3 is 0 Å². The molecule has 2 atom stereocenters. The van der Waals surface area contributed by atoms with Crippen LogP contribution < -0.4 is 10.1 Å². The van der Waals surface area contributed by atoms with Gasteiger partial charge in [-0.3, -0.25) is 4.79 Å². The molecule has 0 spiro atoms. The average molecular weight is 492 g/mol. The van der Waals surface area contributed by atoms with Gasteiger partial charge in [-0.05, 0) is 92.4 Å². The molecule has 5 rings (SSSR count). The van der Waals surface area contributed by atoms with E-state index in [1.165, 1.54) is 24.3 Å². The van der Waals surface area contributed by atoms with Gasteiger partial charge in [0.25, 0.3) is 0 Å². The molecular weight excluding hydrogens is 460 g/mol. The summed E-state index contributed by atoms with van der Waals surface area (Å²) in [7, 11) is 0. The van der Waals surface area contributed by atoms with Gasteiger partial charge in [0.1, 0.15) is 23.5 Å². The van der Waals surface area contributed by atoms with E-state index in [-0.39, 0.29) is 36.4 Å². The summed E-state index contributed by atoms with van der Waals surface area (Å²) in [6.45, 7) is 5.70. The molecule has 0 bridgehead atoms. The van der Waals surface area contributed by atoms with Crippen molar-refractivity contribution in [3.05, 3.63) is 89.6 Å². The van der Waals surface area contributed by atoms with Crippen molar-refractivity contribution < 1.29 is 18.3 Å². The number of hydrogen-bond donors (Lipinski definition) is 1. The standard InChI is InChI=1S/C28H27F2N3O2.CH4/c1-17-14-21(30)6-10-24(17)26(18(2)32-27(34)28(3)12-13-28)35-23-9-11-25-19(15-23)16-31-33(25)22-7-4-20(29)5-8-22;/h4-11,14-16,18,26H,12-13H2,1-3H3,(H,32,34);1H4/t18-,26-;/m0./s1. The molecule has 36 heavy (non-hydrogen) atoms. The summed E-state index contributed by atoms with van der Waals surface area (Å²) in [5, 5.41) is 8.40. The number of benzene rings is 3. The van der Waals surface area contributed by atoms with Crippen LogP contribution in [0.15, 0.2) is 66.9 Å². The van der Waals surface area contributed by atoms with Gasteiger partial charge in [-0.1, -0.05) is 20.4 Å². The highest BCUT2D eigenvalue weighted by Gasteiger charge is 2.45. The Morgan fingerprint density at radius 2 is 1.75 bits per heavy atom. The second kappa shape index (κ2) is 9.72. The summed E-state index contributed by atoms with van der Waals surface area (Å²) in [6.07, 6.45) is 2.96. The van der Waals surface area contributed by atoms with Crippen molar-refractivity contribution in [1.29, 1.82) is 0 Å². The summed E-state index contributed by atoms with van der Waals surface area (Å²) in [5.74, 6) is -0.0141. The summed E-state index contributed by atoms with van der Waals surface area (Å²) < 4.78 is 35.3. The van der Waals surface area contributed by atoms with Crippen LogP contribution >= 0.6 is 0 Å². The minimum absolute atomic E-state index is 0. The number of hydrogen-bond acceptors (Lipinski definition) is 3. The number of ether oxygens (including phenoxy) is 1. The molecule has 1 aliphatic rings. The molecule has 0 radical (unpaired) electrons. The molecule has 1 N–H and O–H groups in total. The minimum atomic E-state index is -0.522. The summed E-state index contributed by atoms with van der Waals surface area (Å²) >= 11 is 0. The molecule has 0 unspecified atom stereocenters. The predicted octanol–water partition coefficient (Wildman–Crippen LogP) is 6.67. The Kier molecular flexibility index (Phi) is 6.85. The molecule has 1 aromatic heterocycles. The number of rotatable bonds is 7. The number of carbonyl (C=O) groups excluding carboxylic acids is 1. The van der Waals surface area contributed by atoms with Gasteiger partial charge in [-0.2, -0.15) is 5.10 Å². The van der Waals surface area contributed by atoms with E-state index in [1.54, 1.807) is 29.1 Å². The minimum Gasteiger partial charge on any atom is -0.484 e. The highest BCUT2D eigenvalue weighted by molar-refractivity contribution is 5.85. The molecule has 3 aromatic carbocycles. The first kappa shape index (κ1) is 25.4. The largest absolute Gasteiger partial charge is 0.484 e. The zero-order valence-corrected chi connectivity index (χ0v) is 19.9. The van der Waals surface area contributed by atoms with Gasteiger partial charge in [-0.25, -0.2) is 13.5 Å². The third-order valence-electron chi connectivity index (χ3n) is 6.77. The third-order valence-corrected chi connectivity index (χ3v) is 6.77. The number of nitrogens with zero attached hydrogens (tertiary/aromatic N) is 2. The Labute approximate surface area is 210 Å². The average Bonchev–Trinajstić information content (AvgIpc) is 3.45. The fourth-order valence-corrected chi connectivity index (χ4v) is 4.28. The zero-order valence-electron chi connectivity index (χ0n) is 19.9. The molecule has 5 nitrogen and oxygen atoms in total. The maximum absolute atomic E-state index is 13.8. The number of nitrogens with one attached hydrogen (secondary N) is 1. The summed E-state index contributed by atoms with van der Waals surface area (Å²) in [5.41, 5.74) is 2.84. The molecule has 1 fully saturated rings. The lowest BCUT2D eigenvalue weighted by Gasteiger charge is -2.28. The van der Waals surface area contributed by atoms with Gasteiger partial charge < -0.3 is 10.1 Å². The Morgan fingerprint density at radius 3 is 2.42 bits per heavy atom. The fraction of sp³-hybridized carbons (Fsp3) is 0.310. The van der Waals surface area contributed by atoms with E-state index in [9.17, 15) is 13.6 Å². The smallest absolute Gasteiger partial charge is 0.226 e. The van der Waals surface area contributed by atoms with Crippen LogP contribution in [0.5, 0.6) is 5.75 Å². The first-order valence-corrected chi connectivity index (χ1v) is 11.7. The van der Waals surface area contributed by atoms with Crippen LogP contribution in [0, 0.1) is 24.0 Å². The lowest BCUT2D eigenvalue weighted by Crippen LogP contribution is -2.42. The normalized spacial score (nSPS) is 15.6. The van der Waals surface area contributed by atoms with Gasteiger partial charge in [-0.15, -0.1) is 0 Å². The van der Waals surface area contributed by atoms with Crippen molar-refractivity contribution in [3.63, 3.8) is 0 Å². The predicted molar refractivity (Wildman–Crippen MR) is 137 cm³/mol. The second-order valence-electron chi connectivity index (χ2n) is 9.62. The van der Waals surface area contributed by atoms with E-state index in [4.69, 9.17) is 4.74 Å². The van der Waals surface area contributed by atoms with E-state index >= 15 is 0 Å². The SMILES string of the molecule is C.Cc1cc(F)ccc1[C@@H](Oc1ccc2c(cnn2-c2ccc(F)cc2)c1)[C@H](C)NC(=O)C1(C)CC1. The van der Waals surface area contributed by atoms with Crippen LogP contribution in [0.2, 0.25) is 0 Å². The van der Waals surface area contributed by atoms with E-state index in [1.807, 2.05) is 39.0 Å². The first-order valence-electron chi connectivity index (χ1n) is 11.7. The number of aryl methyl sites for hydroxylation is 1. The first-order chi connectivity index (χ1) is 16.7. The molecule has 1 aliphatic carbocycles. The number of carbonyl (C=O) groups is 1. The Bertz CT molecular complexity index is 1390. The molecule has 188 valence electrons. The van der Waals surface area contributed by atoms with Gasteiger partial charge in [0.05, 0.1) is 23.4 Å². The quantitative estimate of drug-likeness (QED) is 0.314. The maximum Gasteiger partial charge on any atom is 0.226 e. The Balaban J connectivity index is 0.00000304. The molecule has 1 saturated carbocycles. The van der Waals surface area contributed by atoms with Crippen LogP contribution in [-0.4, -0.2) is 21.7 Å². The van der Waals surface area contributed by atoms with Crippen molar-refractivity contribution in [2.45, 2.75) is 53.2 Å². The molecule has 0 saturated heterocycles. The van der Waals surface area contributed by atoms with Crippen molar-refractivity contribution in [1.82, 2.24) is 15.1 Å². The summed E-state index contributed by atoms with van der Waals surface area (Å²) in [6, 6.07) is 16.0. The van der Waals surface area contributed by atoms with Gasteiger partial charge in [0, 0.05) is 10.8 Å². The third kappa shape index (κ3) is 4.96. The lowest BCUT2D eigenvalue weighted by atomic mass is 9.97. The van der Waals surface area contributed by atoms with Crippen LogP contribution in [0.4, 0.5) is 8.78 Å². The van der Waals surface area contributed by atoms with Crippen molar-refractivity contribution in [2.75, 3.05) is 0 Å². The monoisotopic (exact) mass is 491 g/mol. The van der Waals surface area contributed by atoms with E-state index in [2.05, 4.69) is 10.4 Å². The Morgan fingerprint density at radius 1 is 1.06 bits per heavy atom. The maximum atomic E-state index is 13.8. The second-order valence-corrected chi connectivity index (χ2v) is 9.62. The van der Waals surface area contributed by atoms with Crippen LogP contribution in [0.1, 0.15) is 51.3 Å². The highest BCUT2D eigenvalue weighted by atomic mass is 19.1. The van der Waals surface area contributed by atoms with Crippen LogP contribution in [0.25, 0.3) is 16.6 Å². The van der Waals surface area contributed by atoms with E-state index in [0.717, 1.165) is 40.6 Å². The number of aromatic nitrogens is 2. The number of amides is 1. The molecule has 4 aromatic rings. The number of halogens is 2. The van der Waals surface area contributed by atoms with Crippen molar-refractivity contribution >= 4 is 16.8 Å². The highest BCUT2D eigenvalue weighted by Crippen LogP contribution is 2.45.